The summed E-state index contributed by atoms with van der Waals surface area (Å²) in [6, 6.07) is 16.3. The van der Waals surface area contributed by atoms with Gasteiger partial charge < -0.3 is 5.32 Å². The minimum Gasteiger partial charge on any atom is -0.348 e. The van der Waals surface area contributed by atoms with Crippen molar-refractivity contribution < 1.29 is 13.2 Å². The molecular weight excluding hydrogens is 472 g/mol. The monoisotopic (exact) mass is 512 g/mol. The van der Waals surface area contributed by atoms with Crippen LogP contribution < -0.4 is 5.32 Å². The Balaban J connectivity index is 1.21. The second-order valence-corrected chi connectivity index (χ2v) is 12.2. The normalized spacial score (nSPS) is 18.6. The first-order valence-electron chi connectivity index (χ1n) is 13.3. The molecule has 0 saturated carbocycles. The first-order chi connectivity index (χ1) is 17.4. The highest BCUT2D eigenvalue weighted by Crippen LogP contribution is 2.15. The molecule has 0 aromatic heterocycles. The number of carbonyl (C=O) groups excluding carboxylic acids is 1. The Bertz CT molecular complexity index is 1070. The summed E-state index contributed by atoms with van der Waals surface area (Å²) in [6.45, 7) is 8.86. The van der Waals surface area contributed by atoms with Gasteiger partial charge in [0.2, 0.25) is 10.0 Å². The van der Waals surface area contributed by atoms with Crippen LogP contribution in [-0.2, 0) is 29.7 Å². The Morgan fingerprint density at radius 2 is 1.22 bits per heavy atom. The van der Waals surface area contributed by atoms with Crippen LogP contribution in [0.4, 0.5) is 0 Å². The fraction of sp³-hybridized carbons (Fsp3) is 0.536. The largest absolute Gasteiger partial charge is 0.348 e. The first-order valence-corrected chi connectivity index (χ1v) is 14.9. The number of piperazine rings is 1. The third-order valence-electron chi connectivity index (χ3n) is 7.29. The van der Waals surface area contributed by atoms with Crippen molar-refractivity contribution in [1.29, 1.82) is 0 Å². The van der Waals surface area contributed by atoms with Crippen LogP contribution in [0.3, 0.4) is 0 Å². The molecule has 196 valence electrons. The standard InChI is InChI=1S/C28H40N4O3S/c1-2-36(34,35)32-19-17-31(18-20-32)23-26-11-13-27(14-12-26)28(33)29-21-24-7-9-25(10-8-24)22-30-15-5-3-4-6-16-30/h7-14H,2-6,15-23H2,1H3,(H,29,33). The van der Waals surface area contributed by atoms with Crippen LogP contribution in [0, 0.1) is 0 Å². The zero-order valence-corrected chi connectivity index (χ0v) is 22.3. The molecule has 0 bridgehead atoms. The number of sulfonamides is 1. The maximum Gasteiger partial charge on any atom is 0.251 e. The Morgan fingerprint density at radius 1 is 0.722 bits per heavy atom. The van der Waals surface area contributed by atoms with Gasteiger partial charge in [-0.1, -0.05) is 49.2 Å². The second-order valence-electron chi connectivity index (χ2n) is 9.96. The topological polar surface area (TPSA) is 73.0 Å². The van der Waals surface area contributed by atoms with Gasteiger partial charge in [-0.05, 0) is 61.7 Å². The summed E-state index contributed by atoms with van der Waals surface area (Å²) in [4.78, 5) is 17.5. The van der Waals surface area contributed by atoms with Crippen LogP contribution in [0.15, 0.2) is 48.5 Å². The van der Waals surface area contributed by atoms with E-state index in [1.165, 1.54) is 44.3 Å². The number of nitrogens with zero attached hydrogens (tertiary/aromatic N) is 3. The van der Waals surface area contributed by atoms with E-state index in [1.54, 1.807) is 11.2 Å². The SMILES string of the molecule is CCS(=O)(=O)N1CCN(Cc2ccc(C(=O)NCc3ccc(CN4CCCCCC4)cc3)cc2)CC1. The molecule has 2 aliphatic heterocycles. The third-order valence-corrected chi connectivity index (χ3v) is 9.17. The number of nitrogens with one attached hydrogen (secondary N) is 1. The van der Waals surface area contributed by atoms with Crippen LogP contribution in [0.25, 0.3) is 0 Å². The molecule has 4 rings (SSSR count). The molecule has 0 unspecified atom stereocenters. The van der Waals surface area contributed by atoms with E-state index < -0.39 is 10.0 Å². The lowest BCUT2D eigenvalue weighted by atomic mass is 10.1. The van der Waals surface area contributed by atoms with Crippen molar-refractivity contribution in [2.24, 2.45) is 0 Å². The zero-order valence-electron chi connectivity index (χ0n) is 21.5. The maximum absolute atomic E-state index is 12.6. The summed E-state index contributed by atoms with van der Waals surface area (Å²) in [5, 5.41) is 3.03. The minimum atomic E-state index is -3.11. The number of benzene rings is 2. The van der Waals surface area contributed by atoms with Crippen molar-refractivity contribution in [2.45, 2.75) is 52.2 Å². The van der Waals surface area contributed by atoms with Crippen LogP contribution in [0.2, 0.25) is 0 Å². The van der Waals surface area contributed by atoms with Gasteiger partial charge in [-0.25, -0.2) is 8.42 Å². The molecule has 8 heteroatoms. The molecule has 2 aromatic carbocycles. The molecule has 2 aliphatic rings. The van der Waals surface area contributed by atoms with E-state index in [4.69, 9.17) is 0 Å². The molecule has 2 heterocycles. The van der Waals surface area contributed by atoms with Crippen LogP contribution in [0.1, 0.15) is 59.7 Å². The molecule has 2 aromatic rings. The highest BCUT2D eigenvalue weighted by atomic mass is 32.2. The highest BCUT2D eigenvalue weighted by molar-refractivity contribution is 7.89. The van der Waals surface area contributed by atoms with Crippen LogP contribution in [-0.4, -0.2) is 73.5 Å². The summed E-state index contributed by atoms with van der Waals surface area (Å²) < 4.78 is 25.6. The van der Waals surface area contributed by atoms with Gasteiger partial charge in [0.15, 0.2) is 0 Å². The van der Waals surface area contributed by atoms with Gasteiger partial charge in [0.25, 0.3) is 5.91 Å². The average molecular weight is 513 g/mol. The van der Waals surface area contributed by atoms with E-state index in [2.05, 4.69) is 39.4 Å². The van der Waals surface area contributed by atoms with Crippen molar-refractivity contribution in [3.63, 3.8) is 0 Å². The summed E-state index contributed by atoms with van der Waals surface area (Å²) in [7, 11) is -3.11. The van der Waals surface area contributed by atoms with Gasteiger partial charge in [0, 0.05) is 51.4 Å². The first kappa shape index (κ1) is 26.8. The fourth-order valence-electron chi connectivity index (χ4n) is 4.97. The Morgan fingerprint density at radius 3 is 1.78 bits per heavy atom. The lowest BCUT2D eigenvalue weighted by molar-refractivity contribution is 0.0951. The molecule has 2 fully saturated rings. The van der Waals surface area contributed by atoms with Crippen molar-refractivity contribution >= 4 is 15.9 Å². The predicted octanol–water partition coefficient (Wildman–Crippen LogP) is 3.46. The highest BCUT2D eigenvalue weighted by Gasteiger charge is 2.25. The zero-order chi connectivity index (χ0) is 25.4. The number of amides is 1. The summed E-state index contributed by atoms with van der Waals surface area (Å²) in [5.41, 5.74) is 4.20. The minimum absolute atomic E-state index is 0.0754. The molecule has 36 heavy (non-hydrogen) atoms. The molecule has 0 radical (unpaired) electrons. The quantitative estimate of drug-likeness (QED) is 0.557. The molecule has 0 spiro atoms. The van der Waals surface area contributed by atoms with E-state index in [-0.39, 0.29) is 11.7 Å². The molecule has 0 atom stereocenters. The van der Waals surface area contributed by atoms with Crippen molar-refractivity contribution in [3.8, 4) is 0 Å². The van der Waals surface area contributed by atoms with E-state index in [0.717, 1.165) is 37.3 Å². The number of likely N-dealkylation sites (tertiary alicyclic amines) is 1. The number of carbonyl (C=O) groups is 1. The second kappa shape index (κ2) is 12.8. The Hall–Kier alpha value is -2.26. The number of rotatable bonds is 9. The molecule has 1 amide bonds. The van der Waals surface area contributed by atoms with Crippen molar-refractivity contribution in [1.82, 2.24) is 19.4 Å². The fourth-order valence-corrected chi connectivity index (χ4v) is 6.05. The van der Waals surface area contributed by atoms with Crippen molar-refractivity contribution in [3.05, 3.63) is 70.8 Å². The summed E-state index contributed by atoms with van der Waals surface area (Å²) >= 11 is 0. The van der Waals surface area contributed by atoms with Gasteiger partial charge >= 0.3 is 0 Å². The third kappa shape index (κ3) is 7.62. The summed E-state index contributed by atoms with van der Waals surface area (Å²) in [5.74, 6) is 0.0780. The van der Waals surface area contributed by atoms with E-state index in [1.807, 2.05) is 24.3 Å². The number of hydrogen-bond acceptors (Lipinski definition) is 5. The van der Waals surface area contributed by atoms with Crippen molar-refractivity contribution in [2.75, 3.05) is 45.0 Å². The Kier molecular flexibility index (Phi) is 9.53. The van der Waals surface area contributed by atoms with Gasteiger partial charge in [-0.2, -0.15) is 4.31 Å². The smallest absolute Gasteiger partial charge is 0.251 e. The van der Waals surface area contributed by atoms with Gasteiger partial charge in [0.05, 0.1) is 5.75 Å². The van der Waals surface area contributed by atoms with Gasteiger partial charge in [0.1, 0.15) is 0 Å². The molecule has 1 N–H and O–H groups in total. The predicted molar refractivity (Wildman–Crippen MR) is 144 cm³/mol. The van der Waals surface area contributed by atoms with Crippen LogP contribution >= 0.6 is 0 Å². The van der Waals surface area contributed by atoms with Crippen LogP contribution in [0.5, 0.6) is 0 Å². The molecule has 2 saturated heterocycles. The molecular formula is C28H40N4O3S. The van der Waals surface area contributed by atoms with E-state index in [9.17, 15) is 13.2 Å². The number of hydrogen-bond donors (Lipinski definition) is 1. The Labute approximate surface area is 216 Å². The van der Waals surface area contributed by atoms with Gasteiger partial charge in [-0.3, -0.25) is 14.6 Å². The van der Waals surface area contributed by atoms with Gasteiger partial charge in [-0.15, -0.1) is 0 Å². The molecule has 0 aliphatic carbocycles. The maximum atomic E-state index is 12.6. The lowest BCUT2D eigenvalue weighted by Crippen LogP contribution is -2.48. The lowest BCUT2D eigenvalue weighted by Gasteiger charge is -2.33. The summed E-state index contributed by atoms with van der Waals surface area (Å²) in [6.07, 6.45) is 5.30. The van der Waals surface area contributed by atoms with E-state index in [0.29, 0.717) is 25.2 Å². The average Bonchev–Trinajstić information content (AvgIpc) is 3.17. The molecule has 7 nitrogen and oxygen atoms in total. The van der Waals surface area contributed by atoms with E-state index >= 15 is 0 Å².